The number of aromatic nitrogens is 3. The zero-order valence-electron chi connectivity index (χ0n) is 19.4. The Labute approximate surface area is 205 Å². The summed E-state index contributed by atoms with van der Waals surface area (Å²) in [6.45, 7) is 9.76. The van der Waals surface area contributed by atoms with Crippen molar-refractivity contribution < 1.29 is 18.0 Å². The number of hydrogen-bond donors (Lipinski definition) is 1. The highest BCUT2D eigenvalue weighted by molar-refractivity contribution is 6.34. The van der Waals surface area contributed by atoms with Crippen LogP contribution in [0.5, 0.6) is 0 Å². The summed E-state index contributed by atoms with van der Waals surface area (Å²) in [7, 11) is 0. The molecule has 3 aromatic rings. The molecule has 0 aliphatic carbocycles. The third-order valence-corrected chi connectivity index (χ3v) is 6.44. The number of amides is 1. The fourth-order valence-electron chi connectivity index (χ4n) is 4.75. The number of piperazine rings is 1. The van der Waals surface area contributed by atoms with Gasteiger partial charge in [0.05, 0.1) is 21.8 Å². The molecule has 0 spiro atoms. The van der Waals surface area contributed by atoms with Crippen LogP contribution in [-0.4, -0.2) is 50.9 Å². The largest absolute Gasteiger partial charge is 0.418 e. The first-order valence-corrected chi connectivity index (χ1v) is 11.3. The van der Waals surface area contributed by atoms with E-state index in [1.807, 2.05) is 13.8 Å². The van der Waals surface area contributed by atoms with Crippen molar-refractivity contribution >= 4 is 40.0 Å². The molecular formula is C24H24ClF3N6O. The van der Waals surface area contributed by atoms with E-state index in [1.54, 1.807) is 11.0 Å². The van der Waals surface area contributed by atoms with Crippen LogP contribution in [0, 0.1) is 6.92 Å². The Hall–Kier alpha value is -3.40. The molecule has 0 radical (unpaired) electrons. The Bertz CT molecular complexity index is 1320. The first kappa shape index (κ1) is 24.7. The number of benzene rings is 1. The summed E-state index contributed by atoms with van der Waals surface area (Å²) in [5.74, 6) is 0.399. The van der Waals surface area contributed by atoms with Gasteiger partial charge in [-0.3, -0.25) is 4.79 Å². The molecule has 1 aliphatic heterocycles. The van der Waals surface area contributed by atoms with Crippen molar-refractivity contribution in [3.8, 4) is 11.3 Å². The van der Waals surface area contributed by atoms with Crippen molar-refractivity contribution in [2.24, 2.45) is 0 Å². The first-order chi connectivity index (χ1) is 16.4. The van der Waals surface area contributed by atoms with E-state index in [1.165, 1.54) is 31.5 Å². The van der Waals surface area contributed by atoms with Crippen LogP contribution in [0.1, 0.15) is 25.0 Å². The SMILES string of the molecule is C=CC(=O)N1C[C@H](C)N(c2ncnc3cc(-c4nc(N)cc(C)c4C(F)(F)F)c(Cl)cc23)[C@@H](C)C1. The third-order valence-electron chi connectivity index (χ3n) is 6.13. The molecule has 2 atom stereocenters. The van der Waals surface area contributed by atoms with E-state index in [9.17, 15) is 18.0 Å². The van der Waals surface area contributed by atoms with Crippen LogP contribution in [0.3, 0.4) is 0 Å². The first-order valence-electron chi connectivity index (χ1n) is 10.9. The lowest BCUT2D eigenvalue weighted by atomic mass is 9.99. The molecule has 0 saturated carbocycles. The van der Waals surface area contributed by atoms with Gasteiger partial charge in [0.25, 0.3) is 0 Å². The monoisotopic (exact) mass is 504 g/mol. The van der Waals surface area contributed by atoms with E-state index in [0.717, 1.165) is 0 Å². The normalized spacial score (nSPS) is 18.7. The predicted octanol–water partition coefficient (Wildman–Crippen LogP) is 4.87. The summed E-state index contributed by atoms with van der Waals surface area (Å²) in [5.41, 5.74) is 4.98. The predicted molar refractivity (Wildman–Crippen MR) is 130 cm³/mol. The number of hydrogen-bond acceptors (Lipinski definition) is 6. The number of carbonyl (C=O) groups is 1. The standard InChI is InChI=1S/C24H24ClF3N6O/c1-5-20(35)33-9-13(3)34(14(4)10-33)23-16-7-17(25)15(8-18(16)30-11-31-23)22-21(24(26,27)28)12(2)6-19(29)32-22/h5-8,11,13-14H,1,9-10H2,2-4H3,(H2,29,32)/t13-,14-/m0/s1. The molecule has 184 valence electrons. The minimum absolute atomic E-state index is 0.0420. The highest BCUT2D eigenvalue weighted by atomic mass is 35.5. The maximum atomic E-state index is 13.9. The van der Waals surface area contributed by atoms with Crippen LogP contribution < -0.4 is 10.6 Å². The van der Waals surface area contributed by atoms with Crippen LogP contribution in [-0.2, 0) is 11.0 Å². The van der Waals surface area contributed by atoms with Gasteiger partial charge in [0.2, 0.25) is 5.91 Å². The number of pyridine rings is 1. The van der Waals surface area contributed by atoms with Gasteiger partial charge in [-0.05, 0) is 50.6 Å². The summed E-state index contributed by atoms with van der Waals surface area (Å²) in [6.07, 6.45) is -2.00. The molecule has 0 unspecified atom stereocenters. The summed E-state index contributed by atoms with van der Waals surface area (Å²) in [5, 5.41) is 0.648. The number of halogens is 4. The molecule has 1 fully saturated rings. The van der Waals surface area contributed by atoms with Crippen LogP contribution in [0.25, 0.3) is 22.2 Å². The fourth-order valence-corrected chi connectivity index (χ4v) is 5.00. The molecule has 1 amide bonds. The van der Waals surface area contributed by atoms with Crippen LogP contribution in [0.4, 0.5) is 24.8 Å². The lowest BCUT2D eigenvalue weighted by molar-refractivity contribution is -0.137. The number of nitrogens with two attached hydrogens (primary N) is 1. The molecule has 3 heterocycles. The Kier molecular flexibility index (Phi) is 6.35. The van der Waals surface area contributed by atoms with Crippen molar-refractivity contribution in [3.05, 3.63) is 53.3 Å². The topological polar surface area (TPSA) is 88.2 Å². The maximum absolute atomic E-state index is 13.9. The number of nitrogens with zero attached hydrogens (tertiary/aromatic N) is 5. The molecule has 1 aliphatic rings. The van der Waals surface area contributed by atoms with E-state index in [2.05, 4.69) is 26.4 Å². The number of fused-ring (bicyclic) bond motifs is 1. The minimum atomic E-state index is -4.65. The second-order valence-corrected chi connectivity index (χ2v) is 9.09. The van der Waals surface area contributed by atoms with Gasteiger partial charge in [-0.25, -0.2) is 15.0 Å². The van der Waals surface area contributed by atoms with Gasteiger partial charge in [0, 0.05) is 36.1 Å². The van der Waals surface area contributed by atoms with Crippen LogP contribution >= 0.6 is 11.6 Å². The van der Waals surface area contributed by atoms with Crippen molar-refractivity contribution in [1.29, 1.82) is 0 Å². The summed E-state index contributed by atoms with van der Waals surface area (Å²) >= 11 is 6.55. The number of anilines is 2. The minimum Gasteiger partial charge on any atom is -0.384 e. The van der Waals surface area contributed by atoms with Crippen molar-refractivity contribution in [3.63, 3.8) is 0 Å². The molecule has 1 aromatic carbocycles. The van der Waals surface area contributed by atoms with E-state index >= 15 is 0 Å². The highest BCUT2D eigenvalue weighted by Crippen LogP contribution is 2.42. The number of aryl methyl sites for hydroxylation is 1. The second-order valence-electron chi connectivity index (χ2n) is 8.68. The molecule has 4 rings (SSSR count). The smallest absolute Gasteiger partial charge is 0.384 e. The molecule has 7 nitrogen and oxygen atoms in total. The molecule has 11 heteroatoms. The fraction of sp³-hybridized carbons (Fsp3) is 0.333. The number of rotatable bonds is 3. The van der Waals surface area contributed by atoms with Crippen molar-refractivity contribution in [1.82, 2.24) is 19.9 Å². The van der Waals surface area contributed by atoms with Gasteiger partial charge < -0.3 is 15.5 Å². The Morgan fingerprint density at radius 1 is 1.20 bits per heavy atom. The zero-order chi connectivity index (χ0) is 25.7. The Morgan fingerprint density at radius 3 is 2.46 bits per heavy atom. The van der Waals surface area contributed by atoms with Gasteiger partial charge in [0.1, 0.15) is 18.0 Å². The van der Waals surface area contributed by atoms with E-state index in [-0.39, 0.29) is 45.7 Å². The highest BCUT2D eigenvalue weighted by Gasteiger charge is 2.38. The van der Waals surface area contributed by atoms with Gasteiger partial charge in [-0.2, -0.15) is 13.2 Å². The molecular weight excluding hydrogens is 481 g/mol. The second kappa shape index (κ2) is 8.99. The molecule has 0 bridgehead atoms. The average Bonchev–Trinajstić information content (AvgIpc) is 2.76. The maximum Gasteiger partial charge on any atom is 0.418 e. The molecule has 1 saturated heterocycles. The molecule has 2 N–H and O–H groups in total. The van der Waals surface area contributed by atoms with E-state index in [0.29, 0.717) is 29.8 Å². The van der Waals surface area contributed by atoms with Gasteiger partial charge in [-0.15, -0.1) is 0 Å². The number of carbonyl (C=O) groups excluding carboxylic acids is 1. The third kappa shape index (κ3) is 4.50. The lowest BCUT2D eigenvalue weighted by Gasteiger charge is -2.45. The molecule has 35 heavy (non-hydrogen) atoms. The van der Waals surface area contributed by atoms with Crippen LogP contribution in [0.2, 0.25) is 5.02 Å². The quantitative estimate of drug-likeness (QED) is 0.512. The number of alkyl halides is 3. The molecule has 2 aromatic heterocycles. The van der Waals surface area contributed by atoms with Gasteiger partial charge in [0.15, 0.2) is 0 Å². The summed E-state index contributed by atoms with van der Waals surface area (Å²) < 4.78 is 41.7. The zero-order valence-corrected chi connectivity index (χ0v) is 20.2. The van der Waals surface area contributed by atoms with E-state index in [4.69, 9.17) is 17.3 Å². The van der Waals surface area contributed by atoms with Crippen molar-refractivity contribution in [2.45, 2.75) is 39.0 Å². The summed E-state index contributed by atoms with van der Waals surface area (Å²) in [6, 6.07) is 4.04. The van der Waals surface area contributed by atoms with Crippen LogP contribution in [0.15, 0.2) is 37.2 Å². The Balaban J connectivity index is 1.85. The lowest BCUT2D eigenvalue weighted by Crippen LogP contribution is -2.58. The number of nitrogen functional groups attached to an aromatic ring is 1. The Morgan fingerprint density at radius 2 is 1.86 bits per heavy atom. The van der Waals surface area contributed by atoms with Gasteiger partial charge in [-0.1, -0.05) is 18.2 Å². The van der Waals surface area contributed by atoms with E-state index < -0.39 is 11.7 Å². The van der Waals surface area contributed by atoms with Gasteiger partial charge >= 0.3 is 6.18 Å². The average molecular weight is 505 g/mol. The summed E-state index contributed by atoms with van der Waals surface area (Å²) in [4.78, 5) is 28.7. The van der Waals surface area contributed by atoms with Crippen molar-refractivity contribution in [2.75, 3.05) is 23.7 Å².